The molecular formula is C28H27N7O. The van der Waals surface area contributed by atoms with Crippen molar-refractivity contribution in [2.75, 3.05) is 33.2 Å². The van der Waals surface area contributed by atoms with Crippen molar-refractivity contribution in [2.24, 2.45) is 11.0 Å². The van der Waals surface area contributed by atoms with Crippen molar-refractivity contribution in [3.05, 3.63) is 83.2 Å². The molecule has 2 aromatic carbocycles. The van der Waals surface area contributed by atoms with Gasteiger partial charge in [-0.15, -0.1) is 0 Å². The number of piperazine rings is 1. The first kappa shape index (κ1) is 22.3. The summed E-state index contributed by atoms with van der Waals surface area (Å²) in [6, 6.07) is 13.8. The number of aromatic amines is 1. The summed E-state index contributed by atoms with van der Waals surface area (Å²) >= 11 is 0. The maximum atomic E-state index is 12.9. The molecule has 0 saturated carbocycles. The number of hydrogen-bond donors (Lipinski definition) is 1. The van der Waals surface area contributed by atoms with E-state index < -0.39 is 0 Å². The number of imidazole rings is 2. The van der Waals surface area contributed by atoms with Crippen LogP contribution in [0.3, 0.4) is 0 Å². The second-order valence-electron chi connectivity index (χ2n) is 9.52. The Morgan fingerprint density at radius 1 is 1.03 bits per heavy atom. The van der Waals surface area contributed by atoms with E-state index in [1.165, 1.54) is 0 Å². The molecule has 0 aliphatic carbocycles. The van der Waals surface area contributed by atoms with Crippen molar-refractivity contribution in [1.29, 1.82) is 0 Å². The van der Waals surface area contributed by atoms with Crippen molar-refractivity contribution in [3.8, 4) is 11.8 Å². The van der Waals surface area contributed by atoms with Crippen LogP contribution in [0.25, 0.3) is 11.0 Å². The topological polar surface area (TPSA) is 82.4 Å². The molecule has 0 spiro atoms. The minimum atomic E-state index is 0.0936. The number of likely N-dealkylation sites (N-methyl/N-ethyl adjacent to an activating group) is 1. The normalized spacial score (nSPS) is 17.9. The standard InChI is InChI=1S/C28H27N7O/c1-19-15-26-29-17-23(9-3-20-4-10-24-25(16-20)31-18-30-24)35(26)32-27(19)21-5-7-22(8-6-21)28(36)34-13-11-33(2)12-14-34/h4-8,10,16-19H,11-15H2,1-2H3,(H,30,31). The van der Waals surface area contributed by atoms with E-state index in [1.54, 1.807) is 12.5 Å². The van der Waals surface area contributed by atoms with E-state index in [-0.39, 0.29) is 11.8 Å². The van der Waals surface area contributed by atoms with Gasteiger partial charge in [0.05, 0.1) is 29.3 Å². The molecule has 180 valence electrons. The maximum absolute atomic E-state index is 12.9. The summed E-state index contributed by atoms with van der Waals surface area (Å²) in [4.78, 5) is 29.0. The number of nitrogens with zero attached hydrogens (tertiary/aromatic N) is 6. The van der Waals surface area contributed by atoms with Gasteiger partial charge in [0.25, 0.3) is 5.91 Å². The third kappa shape index (κ3) is 4.18. The molecule has 8 nitrogen and oxygen atoms in total. The van der Waals surface area contributed by atoms with Gasteiger partial charge in [-0.25, -0.2) is 14.6 Å². The zero-order valence-electron chi connectivity index (χ0n) is 20.4. The van der Waals surface area contributed by atoms with E-state index >= 15 is 0 Å². The van der Waals surface area contributed by atoms with Crippen LogP contribution in [0.2, 0.25) is 0 Å². The number of carbonyl (C=O) groups is 1. The minimum absolute atomic E-state index is 0.0936. The van der Waals surface area contributed by atoms with Crippen LogP contribution < -0.4 is 0 Å². The second kappa shape index (κ2) is 9.10. The summed E-state index contributed by atoms with van der Waals surface area (Å²) in [6.45, 7) is 5.52. The summed E-state index contributed by atoms with van der Waals surface area (Å²) < 4.78 is 1.85. The van der Waals surface area contributed by atoms with E-state index in [0.29, 0.717) is 0 Å². The largest absolute Gasteiger partial charge is 0.345 e. The molecule has 36 heavy (non-hydrogen) atoms. The van der Waals surface area contributed by atoms with Crippen LogP contribution in [0, 0.1) is 17.8 Å². The molecule has 1 unspecified atom stereocenters. The fourth-order valence-electron chi connectivity index (χ4n) is 4.76. The number of hydrogen-bond acceptors (Lipinski definition) is 5. The minimum Gasteiger partial charge on any atom is -0.345 e. The molecule has 1 atom stereocenters. The average molecular weight is 478 g/mol. The predicted molar refractivity (Wildman–Crippen MR) is 139 cm³/mol. The third-order valence-corrected chi connectivity index (χ3v) is 6.95. The molecule has 4 heterocycles. The fraction of sp³-hybridized carbons (Fsp3) is 0.286. The molecule has 2 aromatic heterocycles. The Kier molecular flexibility index (Phi) is 5.62. The predicted octanol–water partition coefficient (Wildman–Crippen LogP) is 2.99. The van der Waals surface area contributed by atoms with Gasteiger partial charge in [-0.05, 0) is 48.9 Å². The quantitative estimate of drug-likeness (QED) is 0.450. The Hall–Kier alpha value is -4.22. The Morgan fingerprint density at radius 2 is 1.83 bits per heavy atom. The average Bonchev–Trinajstić information content (AvgIpc) is 3.53. The van der Waals surface area contributed by atoms with Crippen molar-refractivity contribution in [2.45, 2.75) is 13.3 Å². The van der Waals surface area contributed by atoms with Crippen LogP contribution >= 0.6 is 0 Å². The Morgan fingerprint density at radius 3 is 2.64 bits per heavy atom. The number of nitrogens with one attached hydrogen (secondary N) is 1. The number of H-pyrrole nitrogens is 1. The lowest BCUT2D eigenvalue weighted by Gasteiger charge is -2.32. The maximum Gasteiger partial charge on any atom is 0.253 e. The van der Waals surface area contributed by atoms with Gasteiger partial charge in [0, 0.05) is 49.6 Å². The molecule has 0 radical (unpaired) electrons. The van der Waals surface area contributed by atoms with E-state index in [1.807, 2.05) is 52.0 Å². The SMILES string of the molecule is CC1Cc2ncc(C#Cc3ccc4nc[nH]c4c3)n2N=C1c1ccc(C(=O)N2CCN(C)CC2)cc1. The van der Waals surface area contributed by atoms with Gasteiger partial charge in [-0.3, -0.25) is 4.79 Å². The molecule has 0 bridgehead atoms. The summed E-state index contributed by atoms with van der Waals surface area (Å²) in [5.74, 6) is 7.67. The Labute approximate surface area is 209 Å². The molecule has 4 aromatic rings. The van der Waals surface area contributed by atoms with E-state index in [4.69, 9.17) is 5.10 Å². The van der Waals surface area contributed by atoms with E-state index in [0.717, 1.165) is 77.6 Å². The number of carbonyl (C=O) groups excluding carboxylic acids is 1. The molecule has 6 rings (SSSR count). The van der Waals surface area contributed by atoms with E-state index in [9.17, 15) is 4.79 Å². The second-order valence-corrected chi connectivity index (χ2v) is 9.52. The highest BCUT2D eigenvalue weighted by molar-refractivity contribution is 6.03. The molecule has 1 saturated heterocycles. The molecule has 2 aliphatic rings. The van der Waals surface area contributed by atoms with Crippen molar-refractivity contribution in [1.82, 2.24) is 29.4 Å². The smallest absolute Gasteiger partial charge is 0.253 e. The van der Waals surface area contributed by atoms with Gasteiger partial charge in [0.1, 0.15) is 11.5 Å². The van der Waals surface area contributed by atoms with Gasteiger partial charge in [0.2, 0.25) is 0 Å². The monoisotopic (exact) mass is 477 g/mol. The number of aromatic nitrogens is 4. The lowest BCUT2D eigenvalue weighted by molar-refractivity contribution is 0.0664. The Balaban J connectivity index is 1.25. The molecule has 1 amide bonds. The van der Waals surface area contributed by atoms with Crippen molar-refractivity contribution >= 4 is 22.7 Å². The summed E-state index contributed by atoms with van der Waals surface area (Å²) in [5.41, 5.74) is 6.23. The summed E-state index contributed by atoms with van der Waals surface area (Å²) in [6.07, 6.45) is 4.25. The highest BCUT2D eigenvalue weighted by Gasteiger charge is 2.25. The third-order valence-electron chi connectivity index (χ3n) is 6.95. The molecule has 1 N–H and O–H groups in total. The first-order valence-electron chi connectivity index (χ1n) is 12.2. The van der Waals surface area contributed by atoms with Gasteiger partial charge >= 0.3 is 0 Å². The first-order chi connectivity index (χ1) is 17.5. The highest BCUT2D eigenvalue weighted by atomic mass is 16.2. The molecular weight excluding hydrogens is 450 g/mol. The summed E-state index contributed by atoms with van der Waals surface area (Å²) in [7, 11) is 2.09. The van der Waals surface area contributed by atoms with Gasteiger partial charge in [0.15, 0.2) is 0 Å². The van der Waals surface area contributed by atoms with Gasteiger partial charge in [-0.2, -0.15) is 5.10 Å². The first-order valence-corrected chi connectivity index (χ1v) is 12.2. The van der Waals surface area contributed by atoms with Crippen LogP contribution in [-0.4, -0.2) is 74.3 Å². The molecule has 1 fully saturated rings. The van der Waals surface area contributed by atoms with Crippen LogP contribution in [0.1, 0.15) is 39.9 Å². The lowest BCUT2D eigenvalue weighted by atomic mass is 9.93. The van der Waals surface area contributed by atoms with Gasteiger partial charge < -0.3 is 14.8 Å². The van der Waals surface area contributed by atoms with Gasteiger partial charge in [-0.1, -0.05) is 25.0 Å². The zero-order chi connectivity index (χ0) is 24.6. The van der Waals surface area contributed by atoms with Crippen molar-refractivity contribution in [3.63, 3.8) is 0 Å². The zero-order valence-corrected chi connectivity index (χ0v) is 20.4. The number of amides is 1. The number of rotatable bonds is 2. The molecule has 8 heteroatoms. The van der Waals surface area contributed by atoms with Crippen LogP contribution in [0.5, 0.6) is 0 Å². The Bertz CT molecular complexity index is 1530. The fourth-order valence-corrected chi connectivity index (χ4v) is 4.76. The van der Waals surface area contributed by atoms with Crippen molar-refractivity contribution < 1.29 is 4.79 Å². The highest BCUT2D eigenvalue weighted by Crippen LogP contribution is 2.23. The number of benzene rings is 2. The summed E-state index contributed by atoms with van der Waals surface area (Å²) in [5, 5.41) is 4.93. The van der Waals surface area contributed by atoms with Crippen LogP contribution in [0.4, 0.5) is 0 Å². The molecule has 2 aliphatic heterocycles. The van der Waals surface area contributed by atoms with Crippen LogP contribution in [0.15, 0.2) is 60.1 Å². The van der Waals surface area contributed by atoms with Crippen LogP contribution in [-0.2, 0) is 6.42 Å². The lowest BCUT2D eigenvalue weighted by Crippen LogP contribution is -2.47. The number of fused-ring (bicyclic) bond motifs is 2. The van der Waals surface area contributed by atoms with E-state index in [2.05, 4.69) is 45.7 Å².